The molecule has 5 nitrogen and oxygen atoms in total. The first-order chi connectivity index (χ1) is 13.2. The molecular weight excluding hydrogens is 483 g/mol. The third-order valence-electron chi connectivity index (χ3n) is 4.75. The molecule has 1 atom stereocenters. The van der Waals surface area contributed by atoms with Crippen LogP contribution in [0.4, 0.5) is 5.69 Å². The van der Waals surface area contributed by atoms with Crippen LogP contribution in [0.2, 0.25) is 0 Å². The number of hydrogen-bond acceptors (Lipinski definition) is 3. The lowest BCUT2D eigenvalue weighted by molar-refractivity contribution is -0.117. The van der Waals surface area contributed by atoms with Crippen molar-refractivity contribution in [2.45, 2.75) is 32.7 Å². The number of carbonyl (C=O) groups is 1. The van der Waals surface area contributed by atoms with Crippen molar-refractivity contribution in [2.24, 2.45) is 10.9 Å². The Morgan fingerprint density at radius 2 is 2.04 bits per heavy atom. The summed E-state index contributed by atoms with van der Waals surface area (Å²) in [6.07, 6.45) is 2.70. The first-order valence-electron chi connectivity index (χ1n) is 9.52. The van der Waals surface area contributed by atoms with Gasteiger partial charge >= 0.3 is 0 Å². The van der Waals surface area contributed by atoms with E-state index in [0.29, 0.717) is 18.9 Å². The second-order valence-corrected chi connectivity index (χ2v) is 8.04. The van der Waals surface area contributed by atoms with E-state index < -0.39 is 0 Å². The zero-order chi connectivity index (χ0) is 19.1. The van der Waals surface area contributed by atoms with Gasteiger partial charge in [-0.3, -0.25) is 9.79 Å². The van der Waals surface area contributed by atoms with Gasteiger partial charge in [0, 0.05) is 43.7 Å². The molecule has 1 aliphatic rings. The molecule has 2 N–H and O–H groups in total. The van der Waals surface area contributed by atoms with Crippen LogP contribution < -0.4 is 15.5 Å². The molecular formula is C21H29IN4OS. The Morgan fingerprint density at radius 1 is 1.25 bits per heavy atom. The van der Waals surface area contributed by atoms with Crippen LogP contribution >= 0.6 is 35.3 Å². The first kappa shape index (κ1) is 22.7. The molecule has 2 heterocycles. The zero-order valence-electron chi connectivity index (χ0n) is 16.5. The minimum atomic E-state index is 0. The largest absolute Gasteiger partial charge is 0.356 e. The molecule has 3 rings (SSSR count). The van der Waals surface area contributed by atoms with E-state index in [1.54, 1.807) is 7.05 Å². The summed E-state index contributed by atoms with van der Waals surface area (Å²) in [7, 11) is 1.79. The number of carbonyl (C=O) groups excluding carboxylic acids is 1. The Morgan fingerprint density at radius 3 is 2.64 bits per heavy atom. The van der Waals surface area contributed by atoms with Gasteiger partial charge in [-0.1, -0.05) is 25.1 Å². The number of anilines is 1. The number of hydrogen-bond donors (Lipinski definition) is 2. The van der Waals surface area contributed by atoms with Crippen molar-refractivity contribution in [1.82, 2.24) is 10.6 Å². The van der Waals surface area contributed by atoms with Crippen LogP contribution in [0, 0.1) is 5.92 Å². The predicted molar refractivity (Wildman–Crippen MR) is 129 cm³/mol. The lowest BCUT2D eigenvalue weighted by Gasteiger charge is -2.17. The number of thiophene rings is 1. The molecule has 7 heteroatoms. The fourth-order valence-corrected chi connectivity index (χ4v) is 4.11. The van der Waals surface area contributed by atoms with E-state index in [1.165, 1.54) is 10.4 Å². The molecule has 1 amide bonds. The molecule has 0 radical (unpaired) electrons. The molecule has 1 saturated heterocycles. The lowest BCUT2D eigenvalue weighted by atomic mass is 10.1. The molecule has 28 heavy (non-hydrogen) atoms. The Hall–Kier alpha value is -1.61. The van der Waals surface area contributed by atoms with Gasteiger partial charge in [-0.2, -0.15) is 0 Å². The van der Waals surface area contributed by atoms with E-state index in [4.69, 9.17) is 0 Å². The highest BCUT2D eigenvalue weighted by molar-refractivity contribution is 14.0. The summed E-state index contributed by atoms with van der Waals surface area (Å²) in [5, 5.41) is 8.89. The highest BCUT2D eigenvalue weighted by Crippen LogP contribution is 2.21. The Bertz CT molecular complexity index is 761. The van der Waals surface area contributed by atoms with E-state index in [9.17, 15) is 4.79 Å². The van der Waals surface area contributed by atoms with E-state index in [0.717, 1.165) is 37.6 Å². The second kappa shape index (κ2) is 11.4. The summed E-state index contributed by atoms with van der Waals surface area (Å²) >= 11 is 1.81. The van der Waals surface area contributed by atoms with E-state index in [-0.39, 0.29) is 29.9 Å². The summed E-state index contributed by atoms with van der Waals surface area (Å²) < 4.78 is 0. The van der Waals surface area contributed by atoms with Crippen molar-refractivity contribution in [2.75, 3.05) is 25.0 Å². The normalized spacial score (nSPS) is 15.3. The van der Waals surface area contributed by atoms with Gasteiger partial charge in [0.15, 0.2) is 5.96 Å². The fourth-order valence-electron chi connectivity index (χ4n) is 3.24. The summed E-state index contributed by atoms with van der Waals surface area (Å²) in [5.74, 6) is 1.58. The summed E-state index contributed by atoms with van der Waals surface area (Å²) in [6.45, 7) is 4.66. The Labute approximate surface area is 188 Å². The number of halogens is 1. The summed E-state index contributed by atoms with van der Waals surface area (Å²) in [5.41, 5.74) is 2.16. The van der Waals surface area contributed by atoms with Gasteiger partial charge in [0.2, 0.25) is 5.91 Å². The molecule has 1 aromatic carbocycles. The van der Waals surface area contributed by atoms with Gasteiger partial charge in [0.05, 0.1) is 0 Å². The number of aliphatic imine (C=N–C) groups is 1. The molecule has 1 aliphatic heterocycles. The SMILES string of the molecule is CN=C(NCc1ccc(N2CCCC2=O)cc1)NCC(C)Cc1cccs1.I. The fraction of sp³-hybridized carbons (Fsp3) is 0.429. The number of rotatable bonds is 7. The molecule has 1 unspecified atom stereocenters. The summed E-state index contributed by atoms with van der Waals surface area (Å²) in [6, 6.07) is 12.5. The monoisotopic (exact) mass is 512 g/mol. The third-order valence-corrected chi connectivity index (χ3v) is 5.65. The average molecular weight is 512 g/mol. The van der Waals surface area contributed by atoms with E-state index in [1.807, 2.05) is 28.4 Å². The van der Waals surface area contributed by atoms with Crippen molar-refractivity contribution in [3.63, 3.8) is 0 Å². The topological polar surface area (TPSA) is 56.7 Å². The first-order valence-corrected chi connectivity index (χ1v) is 10.4. The van der Waals surface area contributed by atoms with Crippen molar-refractivity contribution in [3.8, 4) is 0 Å². The number of nitrogens with zero attached hydrogens (tertiary/aromatic N) is 2. The van der Waals surface area contributed by atoms with Crippen LogP contribution in [-0.4, -0.2) is 32.0 Å². The van der Waals surface area contributed by atoms with Gasteiger partial charge in [-0.05, 0) is 47.9 Å². The molecule has 1 fully saturated rings. The third kappa shape index (κ3) is 6.48. The van der Waals surface area contributed by atoms with Crippen LogP contribution in [0.1, 0.15) is 30.2 Å². The van der Waals surface area contributed by atoms with E-state index in [2.05, 4.69) is 52.2 Å². The van der Waals surface area contributed by atoms with E-state index >= 15 is 0 Å². The van der Waals surface area contributed by atoms with Gasteiger partial charge in [-0.25, -0.2) is 0 Å². The number of guanidine groups is 1. The lowest BCUT2D eigenvalue weighted by Crippen LogP contribution is -2.39. The minimum absolute atomic E-state index is 0. The summed E-state index contributed by atoms with van der Waals surface area (Å²) in [4.78, 5) is 19.4. The van der Waals surface area contributed by atoms with Crippen LogP contribution in [0.25, 0.3) is 0 Å². The molecule has 152 valence electrons. The molecule has 0 aliphatic carbocycles. The minimum Gasteiger partial charge on any atom is -0.356 e. The van der Waals surface area contributed by atoms with Crippen LogP contribution in [0.3, 0.4) is 0 Å². The molecule has 2 aromatic rings. The molecule has 0 spiro atoms. The maximum Gasteiger partial charge on any atom is 0.227 e. The van der Waals surface area contributed by atoms with Crippen molar-refractivity contribution >= 4 is 52.9 Å². The van der Waals surface area contributed by atoms with Crippen molar-refractivity contribution in [1.29, 1.82) is 0 Å². The van der Waals surface area contributed by atoms with Gasteiger partial charge < -0.3 is 15.5 Å². The van der Waals surface area contributed by atoms with Gasteiger partial charge in [0.1, 0.15) is 0 Å². The smallest absolute Gasteiger partial charge is 0.227 e. The zero-order valence-corrected chi connectivity index (χ0v) is 19.6. The predicted octanol–water partition coefficient (Wildman–Crippen LogP) is 4.04. The van der Waals surface area contributed by atoms with Gasteiger partial charge in [-0.15, -0.1) is 35.3 Å². The molecule has 0 bridgehead atoms. The average Bonchev–Trinajstić information content (AvgIpc) is 3.34. The van der Waals surface area contributed by atoms with Crippen LogP contribution in [-0.2, 0) is 17.8 Å². The second-order valence-electron chi connectivity index (χ2n) is 7.01. The standard InChI is InChI=1S/C21H28N4OS.HI/c1-16(13-19-5-4-12-27-19)14-23-21(22-2)24-15-17-7-9-18(10-8-17)25-11-3-6-20(25)26;/h4-5,7-10,12,16H,3,6,11,13-15H2,1-2H3,(H2,22,23,24);1H. The maximum absolute atomic E-state index is 11.8. The number of benzene rings is 1. The Kier molecular flexibility index (Phi) is 9.24. The molecule has 1 aromatic heterocycles. The highest BCUT2D eigenvalue weighted by atomic mass is 127. The molecule has 0 saturated carbocycles. The Balaban J connectivity index is 0.00000280. The highest BCUT2D eigenvalue weighted by Gasteiger charge is 2.21. The van der Waals surface area contributed by atoms with Crippen LogP contribution in [0.5, 0.6) is 0 Å². The van der Waals surface area contributed by atoms with Gasteiger partial charge in [0.25, 0.3) is 0 Å². The van der Waals surface area contributed by atoms with Crippen molar-refractivity contribution in [3.05, 3.63) is 52.2 Å². The maximum atomic E-state index is 11.8. The van der Waals surface area contributed by atoms with Crippen LogP contribution in [0.15, 0.2) is 46.8 Å². The number of nitrogens with one attached hydrogen (secondary N) is 2. The quantitative estimate of drug-likeness (QED) is 0.335. The van der Waals surface area contributed by atoms with Crippen molar-refractivity contribution < 1.29 is 4.79 Å². The number of amides is 1.